The number of aliphatic hydroxyl groups excluding tert-OH is 1. The standard InChI is InChI=1S/C21H26F2O4S/c1-10-6-12-13-8-15(22)14-7-11(24)4-5-18(14,2)20(13,23)16(25)9-19(12,3)21(10,27)17(26)28/h4-5,7,10,12-13,15-16,25,27H,6,8-9H2,1-3H3,(H,26,28)/t10?,12?,13?,15?,16-,18-,19-,20?,21-/m0/s1. The van der Waals surface area contributed by atoms with Crippen molar-refractivity contribution in [1.82, 2.24) is 0 Å². The highest BCUT2D eigenvalue weighted by atomic mass is 32.1. The summed E-state index contributed by atoms with van der Waals surface area (Å²) in [5.74, 6) is -2.29. The third kappa shape index (κ3) is 2.03. The Hall–Kier alpha value is -1.05. The molecule has 0 radical (unpaired) electrons. The van der Waals surface area contributed by atoms with Gasteiger partial charge in [-0.3, -0.25) is 9.59 Å². The van der Waals surface area contributed by atoms with Crippen LogP contribution >= 0.6 is 12.6 Å². The normalized spacial score (nSPS) is 55.2. The number of aliphatic hydroxyl groups is 2. The van der Waals surface area contributed by atoms with Gasteiger partial charge in [0.25, 0.3) is 0 Å². The summed E-state index contributed by atoms with van der Waals surface area (Å²) in [6.07, 6.45) is 0.703. The first kappa shape index (κ1) is 20.2. The maximum atomic E-state index is 16.8. The average molecular weight is 412 g/mol. The summed E-state index contributed by atoms with van der Waals surface area (Å²) in [7, 11) is 0. The molecule has 0 saturated heterocycles. The molecule has 0 aliphatic heterocycles. The van der Waals surface area contributed by atoms with E-state index in [1.807, 2.05) is 0 Å². The third-order valence-electron chi connectivity index (χ3n) is 8.54. The second kappa shape index (κ2) is 5.76. The van der Waals surface area contributed by atoms with Gasteiger partial charge in [-0.25, -0.2) is 8.78 Å². The molecule has 4 aliphatic rings. The van der Waals surface area contributed by atoms with Gasteiger partial charge in [0.2, 0.25) is 5.12 Å². The van der Waals surface area contributed by atoms with Gasteiger partial charge in [0.05, 0.1) is 6.10 Å². The summed E-state index contributed by atoms with van der Waals surface area (Å²) in [6, 6.07) is 0. The number of fused-ring (bicyclic) bond motifs is 5. The zero-order valence-electron chi connectivity index (χ0n) is 16.2. The molecule has 3 fully saturated rings. The number of allylic oxidation sites excluding steroid dienone is 4. The molecule has 7 heteroatoms. The number of thiol groups is 1. The molecule has 154 valence electrons. The lowest BCUT2D eigenvalue weighted by Gasteiger charge is -2.62. The minimum Gasteiger partial charge on any atom is -0.390 e. The molecule has 0 bridgehead atoms. The summed E-state index contributed by atoms with van der Waals surface area (Å²) < 4.78 is 32.0. The van der Waals surface area contributed by atoms with Crippen LogP contribution in [0.1, 0.15) is 40.0 Å². The lowest BCUT2D eigenvalue weighted by molar-refractivity contribution is -0.221. The van der Waals surface area contributed by atoms with Crippen molar-refractivity contribution in [1.29, 1.82) is 0 Å². The van der Waals surface area contributed by atoms with E-state index in [0.29, 0.717) is 6.42 Å². The molecule has 0 amide bonds. The van der Waals surface area contributed by atoms with Gasteiger partial charge in [0.15, 0.2) is 11.5 Å². The van der Waals surface area contributed by atoms with Crippen LogP contribution in [0.25, 0.3) is 0 Å². The Morgan fingerprint density at radius 3 is 2.54 bits per heavy atom. The van der Waals surface area contributed by atoms with Crippen LogP contribution in [-0.4, -0.2) is 44.7 Å². The first-order valence-corrected chi connectivity index (χ1v) is 10.2. The van der Waals surface area contributed by atoms with E-state index in [-0.39, 0.29) is 18.4 Å². The van der Waals surface area contributed by atoms with E-state index in [0.717, 1.165) is 6.08 Å². The van der Waals surface area contributed by atoms with Gasteiger partial charge in [-0.1, -0.05) is 19.9 Å². The van der Waals surface area contributed by atoms with Crippen LogP contribution in [0, 0.1) is 28.6 Å². The molecule has 0 aromatic heterocycles. The smallest absolute Gasteiger partial charge is 0.218 e. The van der Waals surface area contributed by atoms with Gasteiger partial charge in [-0.15, -0.1) is 12.6 Å². The van der Waals surface area contributed by atoms with Gasteiger partial charge in [-0.05, 0) is 55.7 Å². The predicted molar refractivity (Wildman–Crippen MR) is 102 cm³/mol. The van der Waals surface area contributed by atoms with Gasteiger partial charge in [0, 0.05) is 16.7 Å². The summed E-state index contributed by atoms with van der Waals surface area (Å²) in [5.41, 5.74) is -6.53. The molecular weight excluding hydrogens is 386 g/mol. The first-order chi connectivity index (χ1) is 12.8. The minimum absolute atomic E-state index is 0.0629. The Bertz CT molecular complexity index is 827. The zero-order valence-corrected chi connectivity index (χ0v) is 17.0. The average Bonchev–Trinajstić information content (AvgIpc) is 2.81. The number of rotatable bonds is 1. The SMILES string of the molecule is CC1CC2C3CC(F)C4=CC(=O)C=C[C@]4(C)C3(F)[C@@H](O)C[C@]2(C)[C@@]1(O)C(=O)S. The number of carbonyl (C=O) groups excluding carboxylic acids is 2. The van der Waals surface area contributed by atoms with Gasteiger partial charge in [0.1, 0.15) is 11.8 Å². The number of ketones is 1. The molecule has 4 rings (SSSR count). The minimum atomic E-state index is -2.20. The third-order valence-corrected chi connectivity index (χ3v) is 8.88. The highest BCUT2D eigenvalue weighted by molar-refractivity contribution is 7.96. The van der Waals surface area contributed by atoms with Crippen molar-refractivity contribution in [3.63, 3.8) is 0 Å². The number of alkyl halides is 2. The largest absolute Gasteiger partial charge is 0.390 e. The second-order valence-corrected chi connectivity index (χ2v) is 9.97. The highest BCUT2D eigenvalue weighted by Gasteiger charge is 2.76. The maximum absolute atomic E-state index is 16.8. The van der Waals surface area contributed by atoms with Crippen LogP contribution in [0.2, 0.25) is 0 Å². The van der Waals surface area contributed by atoms with Crippen molar-refractivity contribution in [2.75, 3.05) is 0 Å². The Morgan fingerprint density at radius 1 is 1.29 bits per heavy atom. The molecular formula is C21H26F2O4S. The number of halogens is 2. The fraction of sp³-hybridized carbons (Fsp3) is 0.714. The zero-order chi connectivity index (χ0) is 20.9. The molecule has 4 aliphatic carbocycles. The lowest BCUT2D eigenvalue weighted by Crippen LogP contribution is -2.70. The quantitative estimate of drug-likeness (QED) is 0.579. The lowest BCUT2D eigenvalue weighted by atomic mass is 9.44. The number of hydrogen-bond donors (Lipinski definition) is 3. The van der Waals surface area contributed by atoms with E-state index >= 15 is 8.78 Å². The molecule has 5 unspecified atom stereocenters. The summed E-state index contributed by atoms with van der Waals surface area (Å²) >= 11 is 3.90. The topological polar surface area (TPSA) is 74.6 Å². The Morgan fingerprint density at radius 2 is 1.93 bits per heavy atom. The molecule has 2 N–H and O–H groups in total. The van der Waals surface area contributed by atoms with Crippen molar-refractivity contribution in [2.45, 2.75) is 63.6 Å². The molecule has 3 saturated carbocycles. The van der Waals surface area contributed by atoms with Crippen LogP contribution in [0.3, 0.4) is 0 Å². The van der Waals surface area contributed by atoms with Crippen LogP contribution < -0.4 is 0 Å². The Kier molecular flexibility index (Phi) is 4.16. The Labute approximate surface area is 168 Å². The van der Waals surface area contributed by atoms with Gasteiger partial charge >= 0.3 is 0 Å². The Balaban J connectivity index is 1.88. The van der Waals surface area contributed by atoms with Crippen molar-refractivity contribution < 1.29 is 28.6 Å². The molecule has 28 heavy (non-hydrogen) atoms. The van der Waals surface area contributed by atoms with E-state index in [1.165, 1.54) is 19.1 Å². The monoisotopic (exact) mass is 412 g/mol. The van der Waals surface area contributed by atoms with Crippen LogP contribution in [0.4, 0.5) is 8.78 Å². The van der Waals surface area contributed by atoms with Crippen molar-refractivity contribution in [3.05, 3.63) is 23.8 Å². The number of hydrogen-bond acceptors (Lipinski definition) is 4. The molecule has 0 heterocycles. The summed E-state index contributed by atoms with van der Waals surface area (Å²) in [4.78, 5) is 24.1. The van der Waals surface area contributed by atoms with Crippen LogP contribution in [0.15, 0.2) is 23.8 Å². The number of carbonyl (C=O) groups is 2. The van der Waals surface area contributed by atoms with Crippen LogP contribution in [0.5, 0.6) is 0 Å². The molecule has 0 spiro atoms. The summed E-state index contributed by atoms with van der Waals surface area (Å²) in [6.45, 7) is 4.92. The molecule has 0 aromatic rings. The van der Waals surface area contributed by atoms with Gasteiger partial charge < -0.3 is 10.2 Å². The fourth-order valence-electron chi connectivity index (χ4n) is 7.00. The van der Waals surface area contributed by atoms with E-state index in [9.17, 15) is 19.8 Å². The first-order valence-electron chi connectivity index (χ1n) is 9.76. The van der Waals surface area contributed by atoms with Crippen LogP contribution in [-0.2, 0) is 9.59 Å². The van der Waals surface area contributed by atoms with Crippen molar-refractivity contribution in [2.24, 2.45) is 28.6 Å². The van der Waals surface area contributed by atoms with E-state index in [1.54, 1.807) is 13.8 Å². The second-order valence-electron chi connectivity index (χ2n) is 9.57. The fourth-order valence-corrected chi connectivity index (χ4v) is 7.47. The predicted octanol–water partition coefficient (Wildman–Crippen LogP) is 2.74. The molecule has 9 atom stereocenters. The van der Waals surface area contributed by atoms with Crippen molar-refractivity contribution >= 4 is 23.5 Å². The van der Waals surface area contributed by atoms with E-state index in [4.69, 9.17) is 0 Å². The van der Waals surface area contributed by atoms with Crippen molar-refractivity contribution in [3.8, 4) is 0 Å². The molecule has 4 nitrogen and oxygen atoms in total. The highest BCUT2D eigenvalue weighted by Crippen LogP contribution is 2.71. The molecule has 0 aromatic carbocycles. The van der Waals surface area contributed by atoms with E-state index in [2.05, 4.69) is 12.6 Å². The van der Waals surface area contributed by atoms with Gasteiger partial charge in [-0.2, -0.15) is 0 Å². The van der Waals surface area contributed by atoms with E-state index < -0.39 is 63.0 Å². The summed E-state index contributed by atoms with van der Waals surface area (Å²) in [5, 5.41) is 21.6. The maximum Gasteiger partial charge on any atom is 0.218 e.